The van der Waals surface area contributed by atoms with Crippen LogP contribution in [-0.2, 0) is 0 Å². The summed E-state index contributed by atoms with van der Waals surface area (Å²) in [5.74, 6) is -3.04. The van der Waals surface area contributed by atoms with Crippen molar-refractivity contribution in [2.45, 2.75) is 19.8 Å². The van der Waals surface area contributed by atoms with E-state index in [1.807, 2.05) is 36.9 Å². The predicted octanol–water partition coefficient (Wildman–Crippen LogP) is 4.94. The first kappa shape index (κ1) is 24.9. The van der Waals surface area contributed by atoms with Crippen LogP contribution in [0.4, 0.5) is 8.78 Å². The van der Waals surface area contributed by atoms with Gasteiger partial charge in [-0.15, -0.1) is 0 Å². The van der Waals surface area contributed by atoms with Gasteiger partial charge in [-0.1, -0.05) is 42.5 Å². The van der Waals surface area contributed by atoms with E-state index in [-0.39, 0.29) is 22.7 Å². The second-order valence-corrected chi connectivity index (χ2v) is 9.33. The van der Waals surface area contributed by atoms with Crippen molar-refractivity contribution in [2.24, 2.45) is 17.6 Å². The van der Waals surface area contributed by atoms with Crippen molar-refractivity contribution in [3.05, 3.63) is 106 Å². The number of nitrogens with two attached hydrogens (primary N) is 1. The fourth-order valence-corrected chi connectivity index (χ4v) is 5.28. The molecule has 2 N–H and O–H groups in total. The fraction of sp³-hybridized carbons (Fsp3) is 0.310. The number of nitrogens with zero attached hydrogens (tertiary/aromatic N) is 1. The van der Waals surface area contributed by atoms with E-state index in [1.165, 1.54) is 36.4 Å². The number of hydrogen-bond donors (Lipinski definition) is 1. The van der Waals surface area contributed by atoms with Gasteiger partial charge in [-0.2, -0.15) is 0 Å². The summed E-state index contributed by atoms with van der Waals surface area (Å²) in [6.07, 6.45) is 0. The molecule has 1 aliphatic rings. The zero-order valence-electron chi connectivity index (χ0n) is 20.0. The Hall–Kier alpha value is -3.22. The molecule has 0 aliphatic carbocycles. The third kappa shape index (κ3) is 5.24. The third-order valence-corrected chi connectivity index (χ3v) is 7.12. The molecule has 35 heavy (non-hydrogen) atoms. The monoisotopic (exact) mass is 476 g/mol. The van der Waals surface area contributed by atoms with E-state index in [9.17, 15) is 18.4 Å². The van der Waals surface area contributed by atoms with Crippen LogP contribution in [-0.4, -0.2) is 42.6 Å². The molecular formula is C29H30F2N2O2. The first-order chi connectivity index (χ1) is 16.8. The van der Waals surface area contributed by atoms with Crippen LogP contribution >= 0.6 is 0 Å². The van der Waals surface area contributed by atoms with Crippen LogP contribution in [0.3, 0.4) is 0 Å². The number of likely N-dealkylation sites (tertiary alicyclic amines) is 1. The summed E-state index contributed by atoms with van der Waals surface area (Å²) in [6, 6.07) is 17.2. The lowest BCUT2D eigenvalue weighted by Crippen LogP contribution is -2.51. The zero-order chi connectivity index (χ0) is 25.1. The molecule has 182 valence electrons. The molecule has 4 nitrogen and oxygen atoms in total. The first-order valence-electron chi connectivity index (χ1n) is 11.9. The lowest BCUT2D eigenvalue weighted by Gasteiger charge is -2.43. The number of benzene rings is 3. The van der Waals surface area contributed by atoms with Crippen molar-refractivity contribution in [1.82, 2.24) is 4.90 Å². The summed E-state index contributed by atoms with van der Waals surface area (Å²) in [5, 5.41) is 0. The summed E-state index contributed by atoms with van der Waals surface area (Å²) in [6.45, 7) is 5.67. The number of ketones is 2. The molecule has 0 unspecified atom stereocenters. The van der Waals surface area contributed by atoms with Gasteiger partial charge in [0.05, 0.1) is 0 Å². The molecule has 3 aromatic carbocycles. The Balaban J connectivity index is 1.86. The van der Waals surface area contributed by atoms with Crippen LogP contribution in [0, 0.1) is 37.3 Å². The number of piperidine rings is 1. The van der Waals surface area contributed by atoms with E-state index in [0.29, 0.717) is 26.2 Å². The summed E-state index contributed by atoms with van der Waals surface area (Å²) in [4.78, 5) is 29.7. The smallest absolute Gasteiger partial charge is 0.167 e. The normalized spacial score (nSPS) is 20.5. The number of Topliss-reactive ketones (excluding diaryl/α,β-unsaturated/α-hetero) is 2. The van der Waals surface area contributed by atoms with Gasteiger partial charge in [0.15, 0.2) is 11.6 Å². The van der Waals surface area contributed by atoms with Gasteiger partial charge in [-0.05, 0) is 54.8 Å². The third-order valence-electron chi connectivity index (χ3n) is 7.12. The van der Waals surface area contributed by atoms with Gasteiger partial charge >= 0.3 is 0 Å². The Morgan fingerprint density at radius 2 is 1.37 bits per heavy atom. The maximum Gasteiger partial charge on any atom is 0.167 e. The summed E-state index contributed by atoms with van der Waals surface area (Å²) in [7, 11) is 0. The summed E-state index contributed by atoms with van der Waals surface area (Å²) in [5.41, 5.74) is 9.38. The molecule has 1 fully saturated rings. The van der Waals surface area contributed by atoms with Crippen molar-refractivity contribution >= 4 is 11.6 Å². The quantitative estimate of drug-likeness (QED) is 0.491. The molecule has 0 radical (unpaired) electrons. The Bertz CT molecular complexity index is 1180. The highest BCUT2D eigenvalue weighted by Crippen LogP contribution is 2.42. The Kier molecular flexibility index (Phi) is 7.53. The van der Waals surface area contributed by atoms with E-state index in [0.717, 1.165) is 16.7 Å². The van der Waals surface area contributed by atoms with Gasteiger partial charge in [0.1, 0.15) is 11.6 Å². The average molecular weight is 477 g/mol. The summed E-state index contributed by atoms with van der Waals surface area (Å²) < 4.78 is 28.0. The van der Waals surface area contributed by atoms with Crippen LogP contribution in [0.5, 0.6) is 0 Å². The highest BCUT2D eigenvalue weighted by Gasteiger charge is 2.45. The number of rotatable bonds is 7. The Morgan fingerprint density at radius 1 is 0.857 bits per heavy atom. The van der Waals surface area contributed by atoms with Gasteiger partial charge < -0.3 is 10.6 Å². The molecule has 1 heterocycles. The lowest BCUT2D eigenvalue weighted by atomic mass is 9.67. The molecule has 1 saturated heterocycles. The van der Waals surface area contributed by atoms with Crippen molar-refractivity contribution in [1.29, 1.82) is 0 Å². The molecule has 0 spiro atoms. The lowest BCUT2D eigenvalue weighted by molar-refractivity contribution is 0.0578. The van der Waals surface area contributed by atoms with Crippen LogP contribution in [0.15, 0.2) is 66.7 Å². The van der Waals surface area contributed by atoms with Crippen LogP contribution in [0.2, 0.25) is 0 Å². The molecule has 0 aromatic heterocycles. The second-order valence-electron chi connectivity index (χ2n) is 9.33. The van der Waals surface area contributed by atoms with E-state index in [1.54, 1.807) is 12.1 Å². The second kappa shape index (κ2) is 10.6. The molecule has 4 rings (SSSR count). The molecule has 3 atom stereocenters. The van der Waals surface area contributed by atoms with E-state index in [4.69, 9.17) is 5.73 Å². The first-order valence-corrected chi connectivity index (χ1v) is 11.9. The predicted molar refractivity (Wildman–Crippen MR) is 133 cm³/mol. The SMILES string of the molecule is Cc1cccc([C@@H]2[C@@H](C(=O)c3cccc(F)c3)CN(CCN)C[C@H]2C(=O)c2cccc(F)c2)c1C. The van der Waals surface area contributed by atoms with Gasteiger partial charge in [-0.25, -0.2) is 8.78 Å². The standard InChI is InChI=1S/C29H30F2N2O2/c1-18-6-3-11-24(19(18)2)27-25(28(34)20-7-4-9-22(30)14-20)16-33(13-12-32)17-26(27)29(35)21-8-5-10-23(31)15-21/h3-11,14-15,25-27H,12-13,16-17,32H2,1-2H3/t25-,26+,27+. The number of hydrogen-bond acceptors (Lipinski definition) is 4. The highest BCUT2D eigenvalue weighted by molar-refractivity contribution is 6.02. The Morgan fingerprint density at radius 3 is 1.86 bits per heavy atom. The minimum absolute atomic E-state index is 0.214. The number of carbonyl (C=O) groups excluding carboxylic acids is 2. The molecule has 0 amide bonds. The molecular weight excluding hydrogens is 446 g/mol. The molecule has 0 saturated carbocycles. The van der Waals surface area contributed by atoms with E-state index < -0.39 is 29.4 Å². The summed E-state index contributed by atoms with van der Waals surface area (Å²) >= 11 is 0. The molecule has 1 aliphatic heterocycles. The maximum absolute atomic E-state index is 14.0. The van der Waals surface area contributed by atoms with Crippen LogP contribution in [0.25, 0.3) is 0 Å². The average Bonchev–Trinajstić information content (AvgIpc) is 2.85. The van der Waals surface area contributed by atoms with Gasteiger partial charge in [-0.3, -0.25) is 9.59 Å². The topological polar surface area (TPSA) is 63.4 Å². The maximum atomic E-state index is 14.0. The number of carbonyl (C=O) groups is 2. The minimum atomic E-state index is -0.597. The van der Waals surface area contributed by atoms with Gasteiger partial charge in [0, 0.05) is 55.1 Å². The van der Waals surface area contributed by atoms with Crippen molar-refractivity contribution < 1.29 is 18.4 Å². The largest absolute Gasteiger partial charge is 0.329 e. The van der Waals surface area contributed by atoms with Gasteiger partial charge in [0.25, 0.3) is 0 Å². The molecule has 0 bridgehead atoms. The van der Waals surface area contributed by atoms with Gasteiger partial charge in [0.2, 0.25) is 0 Å². The Labute approximate surface area is 204 Å². The van der Waals surface area contributed by atoms with Crippen LogP contribution < -0.4 is 5.73 Å². The van der Waals surface area contributed by atoms with Crippen molar-refractivity contribution in [3.63, 3.8) is 0 Å². The van der Waals surface area contributed by atoms with E-state index in [2.05, 4.69) is 0 Å². The van der Waals surface area contributed by atoms with E-state index >= 15 is 0 Å². The number of aryl methyl sites for hydroxylation is 1. The molecule has 3 aromatic rings. The van der Waals surface area contributed by atoms with Crippen LogP contribution in [0.1, 0.15) is 43.3 Å². The number of halogens is 2. The molecule has 6 heteroatoms. The van der Waals surface area contributed by atoms with Crippen molar-refractivity contribution in [2.75, 3.05) is 26.2 Å². The zero-order valence-corrected chi connectivity index (χ0v) is 20.0. The van der Waals surface area contributed by atoms with Crippen molar-refractivity contribution in [3.8, 4) is 0 Å². The minimum Gasteiger partial charge on any atom is -0.329 e. The fourth-order valence-electron chi connectivity index (χ4n) is 5.28. The highest BCUT2D eigenvalue weighted by atomic mass is 19.1.